The predicted octanol–water partition coefficient (Wildman–Crippen LogP) is 4.32. The average molecular weight is 475 g/mol. The summed E-state index contributed by atoms with van der Waals surface area (Å²) in [4.78, 5) is 30.3. The first-order valence-electron chi connectivity index (χ1n) is 9.32. The zero-order valence-corrected chi connectivity index (χ0v) is 18.2. The summed E-state index contributed by atoms with van der Waals surface area (Å²) >= 11 is 4.68. The van der Waals surface area contributed by atoms with E-state index in [-0.39, 0.29) is 17.1 Å². The van der Waals surface area contributed by atoms with E-state index in [0.29, 0.717) is 52.9 Å². The Kier molecular flexibility index (Phi) is 5.91. The zero-order valence-electron chi connectivity index (χ0n) is 15.8. The van der Waals surface area contributed by atoms with Crippen molar-refractivity contribution in [3.63, 3.8) is 0 Å². The minimum atomic E-state index is -0.0903. The van der Waals surface area contributed by atoms with Crippen molar-refractivity contribution < 1.29 is 14.3 Å². The number of carbonyl (C=O) groups excluding carboxylic acids is 1. The third-order valence-corrected chi connectivity index (χ3v) is 5.99. The fourth-order valence-corrected chi connectivity index (χ4v) is 4.41. The molecule has 1 aromatic heterocycles. The molecule has 29 heavy (non-hydrogen) atoms. The first kappa shape index (κ1) is 20.0. The molecule has 0 saturated heterocycles. The van der Waals surface area contributed by atoms with Gasteiger partial charge in [0.15, 0.2) is 22.4 Å². The lowest BCUT2D eigenvalue weighted by molar-refractivity contribution is 0.102. The maximum atomic E-state index is 12.9. The number of ketones is 1. The molecule has 0 fully saturated rings. The van der Waals surface area contributed by atoms with E-state index in [1.54, 1.807) is 28.8 Å². The second-order valence-corrected chi connectivity index (χ2v) is 8.44. The van der Waals surface area contributed by atoms with Gasteiger partial charge in [-0.15, -0.1) is 0 Å². The van der Waals surface area contributed by atoms with Gasteiger partial charge in [-0.2, -0.15) is 0 Å². The van der Waals surface area contributed by atoms with Crippen LogP contribution in [0.25, 0.3) is 10.9 Å². The molecule has 0 saturated carbocycles. The lowest BCUT2D eigenvalue weighted by Gasteiger charge is -2.18. The molecule has 6 nitrogen and oxygen atoms in total. The smallest absolute Gasteiger partial charge is 0.262 e. The first-order valence-corrected chi connectivity index (χ1v) is 11.1. The molecule has 3 aromatic rings. The van der Waals surface area contributed by atoms with E-state index in [1.165, 1.54) is 11.8 Å². The summed E-state index contributed by atoms with van der Waals surface area (Å²) in [5, 5.41) is 1.12. The largest absolute Gasteiger partial charge is 0.486 e. The number of rotatable bonds is 6. The van der Waals surface area contributed by atoms with Gasteiger partial charge in [0.25, 0.3) is 5.56 Å². The van der Waals surface area contributed by atoms with Gasteiger partial charge in [0, 0.05) is 16.6 Å². The van der Waals surface area contributed by atoms with Crippen molar-refractivity contribution in [3.05, 3.63) is 56.8 Å². The van der Waals surface area contributed by atoms with E-state index in [9.17, 15) is 9.59 Å². The van der Waals surface area contributed by atoms with Crippen LogP contribution in [0.1, 0.15) is 23.7 Å². The summed E-state index contributed by atoms with van der Waals surface area (Å²) < 4.78 is 13.5. The number of nitrogens with zero attached hydrogens (tertiary/aromatic N) is 2. The maximum Gasteiger partial charge on any atom is 0.262 e. The zero-order chi connectivity index (χ0) is 20.4. The molecule has 2 aromatic carbocycles. The minimum absolute atomic E-state index is 0.0554. The van der Waals surface area contributed by atoms with E-state index in [0.717, 1.165) is 10.9 Å². The number of thioether (sulfide) groups is 1. The number of aromatic nitrogens is 2. The van der Waals surface area contributed by atoms with Crippen molar-refractivity contribution in [2.24, 2.45) is 0 Å². The van der Waals surface area contributed by atoms with Crippen LogP contribution >= 0.6 is 27.7 Å². The number of Topliss-reactive ketones (excluding diaryl/α,β-unsaturated/α-hetero) is 1. The topological polar surface area (TPSA) is 70.4 Å². The normalized spacial score (nSPS) is 12.9. The molecule has 1 aliphatic heterocycles. The Morgan fingerprint density at radius 1 is 1.17 bits per heavy atom. The molecule has 150 valence electrons. The minimum Gasteiger partial charge on any atom is -0.486 e. The van der Waals surface area contributed by atoms with Crippen LogP contribution in [0, 0.1) is 0 Å². The number of hydrogen-bond donors (Lipinski definition) is 0. The van der Waals surface area contributed by atoms with Gasteiger partial charge >= 0.3 is 0 Å². The molecule has 0 bridgehead atoms. The molecule has 8 heteroatoms. The highest BCUT2D eigenvalue weighted by atomic mass is 79.9. The Labute approximate surface area is 180 Å². The number of halogens is 1. The molecule has 0 aliphatic carbocycles. The van der Waals surface area contributed by atoms with Gasteiger partial charge in [-0.1, -0.05) is 34.6 Å². The van der Waals surface area contributed by atoms with Crippen LogP contribution in [-0.2, 0) is 6.54 Å². The van der Waals surface area contributed by atoms with Crippen LogP contribution in [0.4, 0.5) is 0 Å². The van der Waals surface area contributed by atoms with Crippen molar-refractivity contribution in [1.29, 1.82) is 0 Å². The number of fused-ring (bicyclic) bond motifs is 2. The van der Waals surface area contributed by atoms with E-state index < -0.39 is 0 Å². The van der Waals surface area contributed by atoms with Gasteiger partial charge in [-0.25, -0.2) is 4.98 Å². The Bertz CT molecular complexity index is 1150. The first-order chi connectivity index (χ1) is 14.1. The van der Waals surface area contributed by atoms with E-state index in [4.69, 9.17) is 9.47 Å². The van der Waals surface area contributed by atoms with Crippen molar-refractivity contribution >= 4 is 44.4 Å². The van der Waals surface area contributed by atoms with Crippen LogP contribution in [0.2, 0.25) is 0 Å². The molecule has 0 radical (unpaired) electrons. The van der Waals surface area contributed by atoms with Gasteiger partial charge in [-0.3, -0.25) is 14.2 Å². The van der Waals surface area contributed by atoms with Crippen LogP contribution in [-0.4, -0.2) is 34.3 Å². The lowest BCUT2D eigenvalue weighted by Crippen LogP contribution is -2.23. The second kappa shape index (κ2) is 8.59. The highest BCUT2D eigenvalue weighted by Gasteiger charge is 2.17. The standard InChI is InChI=1S/C21H19BrN2O4S/c1-2-7-24-20(26)15-11-14(22)4-5-16(15)23-21(24)29-12-17(25)13-3-6-18-19(10-13)28-9-8-27-18/h3-6,10-11H,2,7-9,12H2,1H3. The molecular weight excluding hydrogens is 456 g/mol. The Balaban J connectivity index is 1.60. The summed E-state index contributed by atoms with van der Waals surface area (Å²) in [6, 6.07) is 10.7. The van der Waals surface area contributed by atoms with Gasteiger partial charge in [0.2, 0.25) is 0 Å². The Morgan fingerprint density at radius 3 is 2.76 bits per heavy atom. The molecule has 4 rings (SSSR count). The van der Waals surface area contributed by atoms with Crippen molar-refractivity contribution in [2.75, 3.05) is 19.0 Å². The molecule has 2 heterocycles. The molecule has 0 spiro atoms. The summed E-state index contributed by atoms with van der Waals surface area (Å²) in [7, 11) is 0. The third-order valence-electron chi connectivity index (χ3n) is 4.52. The van der Waals surface area contributed by atoms with Gasteiger partial charge in [0.05, 0.1) is 16.7 Å². The third kappa shape index (κ3) is 4.18. The fraction of sp³-hybridized carbons (Fsp3) is 0.286. The summed E-state index contributed by atoms with van der Waals surface area (Å²) in [5.74, 6) is 1.36. The molecule has 0 amide bonds. The number of carbonyl (C=O) groups is 1. The highest BCUT2D eigenvalue weighted by Crippen LogP contribution is 2.31. The van der Waals surface area contributed by atoms with Gasteiger partial charge < -0.3 is 9.47 Å². The SMILES string of the molecule is CCCn1c(SCC(=O)c2ccc3c(c2)OCCO3)nc2ccc(Br)cc2c1=O. The van der Waals surface area contributed by atoms with Crippen LogP contribution in [0.15, 0.2) is 50.8 Å². The van der Waals surface area contributed by atoms with Crippen molar-refractivity contribution in [2.45, 2.75) is 25.0 Å². The van der Waals surface area contributed by atoms with Crippen molar-refractivity contribution in [1.82, 2.24) is 9.55 Å². The molecule has 1 aliphatic rings. The molecule has 0 unspecified atom stereocenters. The van der Waals surface area contributed by atoms with E-state index in [2.05, 4.69) is 20.9 Å². The van der Waals surface area contributed by atoms with E-state index in [1.807, 2.05) is 19.1 Å². The van der Waals surface area contributed by atoms with Gasteiger partial charge in [-0.05, 0) is 42.8 Å². The van der Waals surface area contributed by atoms with Crippen LogP contribution < -0.4 is 15.0 Å². The molecule has 0 N–H and O–H groups in total. The maximum absolute atomic E-state index is 12.9. The van der Waals surface area contributed by atoms with Crippen LogP contribution in [0.5, 0.6) is 11.5 Å². The number of ether oxygens (including phenoxy) is 2. The summed E-state index contributed by atoms with van der Waals surface area (Å²) in [5.41, 5.74) is 1.09. The molecule has 0 atom stereocenters. The Morgan fingerprint density at radius 2 is 1.97 bits per heavy atom. The predicted molar refractivity (Wildman–Crippen MR) is 116 cm³/mol. The number of benzene rings is 2. The van der Waals surface area contributed by atoms with Crippen LogP contribution in [0.3, 0.4) is 0 Å². The summed E-state index contributed by atoms with van der Waals surface area (Å²) in [6.45, 7) is 3.54. The summed E-state index contributed by atoms with van der Waals surface area (Å²) in [6.07, 6.45) is 0.796. The van der Waals surface area contributed by atoms with Crippen molar-refractivity contribution in [3.8, 4) is 11.5 Å². The van der Waals surface area contributed by atoms with Gasteiger partial charge in [0.1, 0.15) is 13.2 Å². The Hall–Kier alpha value is -2.32. The van der Waals surface area contributed by atoms with E-state index >= 15 is 0 Å². The monoisotopic (exact) mass is 474 g/mol. The number of hydrogen-bond acceptors (Lipinski definition) is 6. The highest BCUT2D eigenvalue weighted by molar-refractivity contribution is 9.10. The quantitative estimate of drug-likeness (QED) is 0.301. The average Bonchev–Trinajstić information content (AvgIpc) is 2.74. The second-order valence-electron chi connectivity index (χ2n) is 6.58. The lowest BCUT2D eigenvalue weighted by atomic mass is 10.1. The fourth-order valence-electron chi connectivity index (χ4n) is 3.13. The molecular formula is C21H19BrN2O4S.